The van der Waals surface area contributed by atoms with Gasteiger partial charge in [0.05, 0.1) is 28.9 Å². The fraction of sp³-hybridized carbons (Fsp3) is 0.355. The van der Waals surface area contributed by atoms with Gasteiger partial charge in [0.15, 0.2) is 0 Å². The maximum Gasteiger partial charge on any atom is 0.294 e. The summed E-state index contributed by atoms with van der Waals surface area (Å²) in [6.45, 7) is 5.67. The molecule has 0 atom stereocenters. The maximum absolute atomic E-state index is 12.5. The second kappa shape index (κ2) is 12.2. The third-order valence-corrected chi connectivity index (χ3v) is 8.41. The van der Waals surface area contributed by atoms with E-state index in [-0.39, 0.29) is 11.6 Å². The molecule has 0 amide bonds. The van der Waals surface area contributed by atoms with Crippen LogP contribution in [0.25, 0.3) is 28.2 Å². The van der Waals surface area contributed by atoms with Crippen LogP contribution in [0, 0.1) is 10.1 Å². The summed E-state index contributed by atoms with van der Waals surface area (Å²) in [6, 6.07) is 9.46. The van der Waals surface area contributed by atoms with Crippen LogP contribution < -0.4 is 15.0 Å². The predicted molar refractivity (Wildman–Crippen MR) is 175 cm³/mol. The number of para-hydroxylation sites is 1. The molecular formula is C31H38N7O4P. The van der Waals surface area contributed by atoms with Gasteiger partial charge in [-0.25, -0.2) is 9.97 Å². The molecule has 2 aromatic heterocycles. The number of ether oxygens (including phenoxy) is 1. The molecule has 1 aliphatic rings. The molecule has 12 heteroatoms. The van der Waals surface area contributed by atoms with Gasteiger partial charge in [-0.2, -0.15) is 0 Å². The second-order valence-electron chi connectivity index (χ2n) is 11.5. The van der Waals surface area contributed by atoms with Crippen LogP contribution in [0.1, 0.15) is 17.5 Å². The van der Waals surface area contributed by atoms with Crippen molar-refractivity contribution in [2.45, 2.75) is 19.4 Å². The van der Waals surface area contributed by atoms with Gasteiger partial charge >= 0.3 is 0 Å². The number of nitro benzene ring substituents is 1. The first kappa shape index (κ1) is 30.3. The summed E-state index contributed by atoms with van der Waals surface area (Å²) in [5.41, 5.74) is 5.64. The van der Waals surface area contributed by atoms with E-state index in [1.54, 1.807) is 31.4 Å². The Kier molecular flexibility index (Phi) is 8.57. The van der Waals surface area contributed by atoms with Crippen LogP contribution in [0.5, 0.6) is 5.75 Å². The molecule has 226 valence electrons. The van der Waals surface area contributed by atoms with E-state index in [0.717, 1.165) is 42.4 Å². The lowest BCUT2D eigenvalue weighted by Crippen LogP contribution is -2.28. The molecule has 4 aromatic rings. The van der Waals surface area contributed by atoms with Crippen molar-refractivity contribution in [3.63, 3.8) is 0 Å². The molecule has 0 saturated heterocycles. The molecule has 5 rings (SSSR count). The molecule has 0 fully saturated rings. The minimum Gasteiger partial charge on any atom is -0.494 e. The zero-order valence-corrected chi connectivity index (χ0v) is 26.4. The lowest BCUT2D eigenvalue weighted by Gasteiger charge is -2.22. The lowest BCUT2D eigenvalue weighted by molar-refractivity contribution is -0.384. The van der Waals surface area contributed by atoms with E-state index in [0.29, 0.717) is 29.4 Å². The second-order valence-corrected chi connectivity index (χ2v) is 14.7. The van der Waals surface area contributed by atoms with Crippen LogP contribution >= 0.6 is 7.14 Å². The first-order chi connectivity index (χ1) is 20.4. The number of nitro groups is 1. The highest BCUT2D eigenvalue weighted by molar-refractivity contribution is 7.65. The van der Waals surface area contributed by atoms with Gasteiger partial charge in [0, 0.05) is 67.7 Å². The van der Waals surface area contributed by atoms with Crippen LogP contribution in [0.15, 0.2) is 48.5 Å². The van der Waals surface area contributed by atoms with Gasteiger partial charge in [-0.05, 0) is 57.7 Å². The van der Waals surface area contributed by atoms with Crippen molar-refractivity contribution in [3.8, 4) is 17.0 Å². The van der Waals surface area contributed by atoms with Crippen LogP contribution in [0.2, 0.25) is 0 Å². The fourth-order valence-corrected chi connectivity index (χ4v) is 5.88. The Morgan fingerprint density at radius 3 is 2.70 bits per heavy atom. The Morgan fingerprint density at radius 2 is 2.00 bits per heavy atom. The molecule has 0 aliphatic carbocycles. The highest BCUT2D eigenvalue weighted by Gasteiger charge is 2.24. The topological polar surface area (TPSA) is 119 Å². The van der Waals surface area contributed by atoms with Gasteiger partial charge in [0.25, 0.3) is 5.69 Å². The average molecular weight is 604 g/mol. The number of aryl methyl sites for hydroxylation is 2. The van der Waals surface area contributed by atoms with Crippen molar-refractivity contribution in [2.75, 3.05) is 64.9 Å². The third-order valence-electron chi connectivity index (χ3n) is 7.55. The first-order valence-electron chi connectivity index (χ1n) is 14.2. The quantitative estimate of drug-likeness (QED) is 0.120. The van der Waals surface area contributed by atoms with Crippen molar-refractivity contribution in [2.24, 2.45) is 0 Å². The Morgan fingerprint density at radius 1 is 1.21 bits per heavy atom. The van der Waals surface area contributed by atoms with Crippen molar-refractivity contribution in [1.82, 2.24) is 19.4 Å². The molecule has 43 heavy (non-hydrogen) atoms. The smallest absolute Gasteiger partial charge is 0.294 e. The monoisotopic (exact) mass is 603 g/mol. The number of aromatic nitrogens is 3. The van der Waals surface area contributed by atoms with E-state index < -0.39 is 12.1 Å². The molecule has 0 unspecified atom stereocenters. The summed E-state index contributed by atoms with van der Waals surface area (Å²) in [7, 11) is 4.81. The van der Waals surface area contributed by atoms with E-state index in [1.807, 2.05) is 37.0 Å². The van der Waals surface area contributed by atoms with Crippen LogP contribution in [-0.4, -0.2) is 79.0 Å². The number of methoxy groups -OCH3 is 1. The Bertz CT molecular complexity index is 1760. The van der Waals surface area contributed by atoms with Gasteiger partial charge < -0.3 is 29.0 Å². The minimum atomic E-state index is -2.45. The lowest BCUT2D eigenvalue weighted by atomic mass is 10.0. The molecule has 1 aliphatic heterocycles. The summed E-state index contributed by atoms with van der Waals surface area (Å²) in [6.07, 6.45) is 7.72. The van der Waals surface area contributed by atoms with Crippen LogP contribution in [0.3, 0.4) is 0 Å². The minimum absolute atomic E-state index is 0.0556. The number of benzene rings is 2. The fourth-order valence-electron chi connectivity index (χ4n) is 5.36. The summed E-state index contributed by atoms with van der Waals surface area (Å²) >= 11 is 0. The molecular weight excluding hydrogens is 565 g/mol. The largest absolute Gasteiger partial charge is 0.494 e. The zero-order valence-electron chi connectivity index (χ0n) is 25.5. The third kappa shape index (κ3) is 6.58. The van der Waals surface area contributed by atoms with E-state index in [4.69, 9.17) is 9.72 Å². The summed E-state index contributed by atoms with van der Waals surface area (Å²) < 4.78 is 20.5. The molecule has 11 nitrogen and oxygen atoms in total. The van der Waals surface area contributed by atoms with Crippen molar-refractivity contribution < 1.29 is 14.2 Å². The molecule has 3 heterocycles. The first-order valence-corrected chi connectivity index (χ1v) is 16.8. The Labute approximate surface area is 251 Å². The Balaban J connectivity index is 1.60. The number of nitrogens with one attached hydrogen (secondary N) is 1. The molecule has 0 saturated carbocycles. The number of anilines is 3. The molecule has 2 aromatic carbocycles. The average Bonchev–Trinajstić information content (AvgIpc) is 3.34. The summed E-state index contributed by atoms with van der Waals surface area (Å²) in [4.78, 5) is 25.1. The molecule has 0 spiro atoms. The van der Waals surface area contributed by atoms with Crippen LogP contribution in [-0.2, 0) is 17.5 Å². The highest BCUT2D eigenvalue weighted by atomic mass is 31.2. The molecule has 0 radical (unpaired) electrons. The molecule has 1 N–H and O–H groups in total. The van der Waals surface area contributed by atoms with E-state index in [9.17, 15) is 14.7 Å². The Hall–Kier alpha value is -4.21. The van der Waals surface area contributed by atoms with E-state index in [2.05, 4.69) is 39.3 Å². The number of hydrogen-bond donors (Lipinski definition) is 1. The van der Waals surface area contributed by atoms with Crippen molar-refractivity contribution in [1.29, 1.82) is 0 Å². The predicted octanol–water partition coefficient (Wildman–Crippen LogP) is 6.30. The normalized spacial score (nSPS) is 13.2. The van der Waals surface area contributed by atoms with E-state index >= 15 is 0 Å². The van der Waals surface area contributed by atoms with Gasteiger partial charge in [-0.15, -0.1) is 0 Å². The highest BCUT2D eigenvalue weighted by Crippen LogP contribution is 2.42. The summed E-state index contributed by atoms with van der Waals surface area (Å²) in [5, 5.41) is 16.4. The number of hydrogen-bond acceptors (Lipinski definition) is 9. The standard InChI is InChI=1S/C31H38N7O4P/c1-35(2)14-15-36(3)26-18-28(42-4)25(17-27(26)38(39)40)33-31-32-19-22(12-16-43(5,6)41)29(34-31)24-20-37-13-8-10-21-9-7-11-23(24)30(21)37/h7,9,11-12,16-20H,8,10,13-15H2,1-6H3,(H,32,33,34)/b16-12+. The summed E-state index contributed by atoms with van der Waals surface area (Å²) in [5.74, 6) is 2.40. The zero-order chi connectivity index (χ0) is 30.9. The SMILES string of the molecule is COc1cc(N(C)CCN(C)C)c([N+](=O)[O-])cc1Nc1ncc(/C=C/P(C)(C)=O)c(-c2cn3c4c(cccc24)CCC3)n1. The van der Waals surface area contributed by atoms with E-state index in [1.165, 1.54) is 24.3 Å². The number of likely N-dealkylation sites (N-methyl/N-ethyl adjacent to an activating group) is 2. The van der Waals surface area contributed by atoms with Gasteiger partial charge in [0.1, 0.15) is 18.6 Å². The van der Waals surface area contributed by atoms with Crippen molar-refractivity contribution in [3.05, 3.63) is 69.8 Å². The van der Waals surface area contributed by atoms with Gasteiger partial charge in [0.2, 0.25) is 5.95 Å². The van der Waals surface area contributed by atoms with Crippen molar-refractivity contribution >= 4 is 47.1 Å². The van der Waals surface area contributed by atoms with Gasteiger partial charge in [-0.3, -0.25) is 10.1 Å². The van der Waals surface area contributed by atoms with Crippen LogP contribution in [0.4, 0.5) is 23.0 Å². The number of nitrogens with zero attached hydrogens (tertiary/aromatic N) is 6. The number of rotatable bonds is 11. The molecule has 0 bridgehead atoms. The van der Waals surface area contributed by atoms with Gasteiger partial charge in [-0.1, -0.05) is 18.2 Å². The maximum atomic E-state index is 12.5.